The van der Waals surface area contributed by atoms with Gasteiger partial charge in [0.2, 0.25) is 5.91 Å². The van der Waals surface area contributed by atoms with Gasteiger partial charge in [-0.3, -0.25) is 4.79 Å². The summed E-state index contributed by atoms with van der Waals surface area (Å²) in [5, 5.41) is 0. The Morgan fingerprint density at radius 3 is 2.59 bits per heavy atom. The van der Waals surface area contributed by atoms with Crippen molar-refractivity contribution in [3.63, 3.8) is 0 Å². The van der Waals surface area contributed by atoms with Gasteiger partial charge in [-0.05, 0) is 25.2 Å². The molecule has 0 aromatic rings. The first-order valence-electron chi connectivity index (χ1n) is 7.29. The van der Waals surface area contributed by atoms with Crippen LogP contribution in [0.3, 0.4) is 0 Å². The Morgan fingerprint density at radius 2 is 1.88 bits per heavy atom. The van der Waals surface area contributed by atoms with Gasteiger partial charge in [0.15, 0.2) is 0 Å². The Balaban J connectivity index is 1.69. The summed E-state index contributed by atoms with van der Waals surface area (Å²) in [5.41, 5.74) is 5.91. The minimum absolute atomic E-state index is 0.211. The molecule has 0 radical (unpaired) electrons. The number of carbonyl (C=O) groups excluding carboxylic acids is 1. The molecule has 3 heteroatoms. The Bertz CT molecular complexity index is 249. The van der Waals surface area contributed by atoms with Crippen molar-refractivity contribution >= 4 is 5.91 Å². The van der Waals surface area contributed by atoms with Gasteiger partial charge in [-0.25, -0.2) is 0 Å². The van der Waals surface area contributed by atoms with Crippen LogP contribution >= 0.6 is 0 Å². The molecule has 3 nitrogen and oxygen atoms in total. The average molecular weight is 238 g/mol. The van der Waals surface area contributed by atoms with Crippen molar-refractivity contribution in [1.82, 2.24) is 4.90 Å². The van der Waals surface area contributed by atoms with Crippen LogP contribution in [0.15, 0.2) is 0 Å². The maximum atomic E-state index is 12.1. The van der Waals surface area contributed by atoms with Gasteiger partial charge in [-0.2, -0.15) is 0 Å². The van der Waals surface area contributed by atoms with E-state index in [1.807, 2.05) is 4.90 Å². The number of nitrogens with zero attached hydrogens (tertiary/aromatic N) is 1. The molecule has 1 saturated heterocycles. The summed E-state index contributed by atoms with van der Waals surface area (Å²) in [6.45, 7) is 1.71. The average Bonchev–Trinajstić information content (AvgIpc) is 2.37. The number of hydrogen-bond acceptors (Lipinski definition) is 2. The number of amides is 1. The van der Waals surface area contributed by atoms with Gasteiger partial charge in [0.05, 0.1) is 0 Å². The molecule has 2 aliphatic rings. The second-order valence-electron chi connectivity index (χ2n) is 5.78. The molecule has 0 spiro atoms. The molecule has 1 saturated carbocycles. The van der Waals surface area contributed by atoms with Crippen LogP contribution in [0.1, 0.15) is 57.8 Å². The van der Waals surface area contributed by atoms with Crippen LogP contribution in [0, 0.1) is 5.92 Å². The first-order chi connectivity index (χ1) is 8.25. The Hall–Kier alpha value is -0.570. The molecule has 1 aliphatic heterocycles. The molecule has 1 heterocycles. The number of hydrogen-bond donors (Lipinski definition) is 1. The van der Waals surface area contributed by atoms with E-state index in [1.165, 1.54) is 32.1 Å². The van der Waals surface area contributed by atoms with Crippen LogP contribution in [0.25, 0.3) is 0 Å². The smallest absolute Gasteiger partial charge is 0.222 e. The molecular formula is C14H26N2O. The largest absolute Gasteiger partial charge is 0.341 e. The summed E-state index contributed by atoms with van der Waals surface area (Å²) >= 11 is 0. The van der Waals surface area contributed by atoms with Crippen LogP contribution in [-0.4, -0.2) is 29.9 Å². The predicted octanol–water partition coefficient (Wildman–Crippen LogP) is 2.30. The zero-order valence-electron chi connectivity index (χ0n) is 10.9. The van der Waals surface area contributed by atoms with E-state index >= 15 is 0 Å². The number of piperidine rings is 1. The highest BCUT2D eigenvalue weighted by Crippen LogP contribution is 2.27. The van der Waals surface area contributed by atoms with Crippen molar-refractivity contribution < 1.29 is 4.79 Å². The number of rotatable bonds is 3. The zero-order valence-corrected chi connectivity index (χ0v) is 10.9. The fourth-order valence-corrected chi connectivity index (χ4v) is 3.20. The van der Waals surface area contributed by atoms with Crippen molar-refractivity contribution in [1.29, 1.82) is 0 Å². The summed E-state index contributed by atoms with van der Waals surface area (Å²) < 4.78 is 0. The van der Waals surface area contributed by atoms with E-state index < -0.39 is 0 Å². The summed E-state index contributed by atoms with van der Waals surface area (Å²) in [4.78, 5) is 14.0. The normalized spacial score (nSPS) is 27.1. The highest BCUT2D eigenvalue weighted by molar-refractivity contribution is 5.76. The van der Waals surface area contributed by atoms with Crippen molar-refractivity contribution in [3.8, 4) is 0 Å². The second kappa shape index (κ2) is 6.39. The zero-order chi connectivity index (χ0) is 12.1. The van der Waals surface area contributed by atoms with E-state index in [9.17, 15) is 4.79 Å². The number of likely N-dealkylation sites (tertiary alicyclic amines) is 1. The first-order valence-corrected chi connectivity index (χ1v) is 7.29. The molecule has 2 rings (SSSR count). The van der Waals surface area contributed by atoms with Crippen LogP contribution in [0.4, 0.5) is 0 Å². The lowest BCUT2D eigenvalue weighted by Gasteiger charge is -2.31. The lowest BCUT2D eigenvalue weighted by molar-refractivity contribution is -0.132. The molecule has 17 heavy (non-hydrogen) atoms. The van der Waals surface area contributed by atoms with Crippen LogP contribution < -0.4 is 5.73 Å². The third-order valence-corrected chi connectivity index (χ3v) is 4.30. The van der Waals surface area contributed by atoms with Crippen molar-refractivity contribution in [2.45, 2.75) is 63.8 Å². The van der Waals surface area contributed by atoms with Gasteiger partial charge in [0.1, 0.15) is 0 Å². The van der Waals surface area contributed by atoms with E-state index in [0.29, 0.717) is 5.91 Å². The lowest BCUT2D eigenvalue weighted by atomic mass is 9.86. The minimum atomic E-state index is 0.211. The van der Waals surface area contributed by atoms with Crippen LogP contribution in [0.5, 0.6) is 0 Å². The topological polar surface area (TPSA) is 46.3 Å². The van der Waals surface area contributed by atoms with Gasteiger partial charge < -0.3 is 10.6 Å². The Kier molecular flexibility index (Phi) is 4.84. The third-order valence-electron chi connectivity index (χ3n) is 4.30. The van der Waals surface area contributed by atoms with Crippen LogP contribution in [0.2, 0.25) is 0 Å². The molecule has 0 bridgehead atoms. The van der Waals surface area contributed by atoms with Crippen LogP contribution in [-0.2, 0) is 4.79 Å². The summed E-state index contributed by atoms with van der Waals surface area (Å²) in [5.74, 6) is 1.15. The molecule has 1 atom stereocenters. The molecule has 2 N–H and O–H groups in total. The van der Waals surface area contributed by atoms with E-state index in [0.717, 1.165) is 44.7 Å². The quantitative estimate of drug-likeness (QED) is 0.820. The fraction of sp³-hybridized carbons (Fsp3) is 0.929. The second-order valence-corrected chi connectivity index (χ2v) is 5.78. The molecule has 1 amide bonds. The Labute approximate surface area is 105 Å². The van der Waals surface area contributed by atoms with E-state index in [4.69, 9.17) is 5.73 Å². The van der Waals surface area contributed by atoms with Gasteiger partial charge >= 0.3 is 0 Å². The maximum absolute atomic E-state index is 12.1. The van der Waals surface area contributed by atoms with Gasteiger partial charge in [-0.1, -0.05) is 32.1 Å². The van der Waals surface area contributed by atoms with Gasteiger partial charge in [0.25, 0.3) is 0 Å². The monoisotopic (exact) mass is 238 g/mol. The maximum Gasteiger partial charge on any atom is 0.222 e. The van der Waals surface area contributed by atoms with Crippen molar-refractivity contribution in [2.75, 3.05) is 13.1 Å². The molecule has 1 aliphatic carbocycles. The lowest BCUT2D eigenvalue weighted by Crippen LogP contribution is -2.45. The van der Waals surface area contributed by atoms with Crippen molar-refractivity contribution in [2.24, 2.45) is 11.7 Å². The summed E-state index contributed by atoms with van der Waals surface area (Å²) in [7, 11) is 0. The van der Waals surface area contributed by atoms with E-state index in [1.54, 1.807) is 0 Å². The third kappa shape index (κ3) is 3.98. The molecule has 0 aromatic carbocycles. The molecule has 0 aromatic heterocycles. The standard InChI is InChI=1S/C14H26N2O/c15-13-7-4-10-16(11-13)14(17)9-8-12-5-2-1-3-6-12/h12-13H,1-11,15H2/t13-/m1/s1. The number of nitrogens with two attached hydrogens (primary N) is 1. The van der Waals surface area contributed by atoms with Crippen molar-refractivity contribution in [3.05, 3.63) is 0 Å². The fourth-order valence-electron chi connectivity index (χ4n) is 3.20. The summed E-state index contributed by atoms with van der Waals surface area (Å²) in [6.07, 6.45) is 10.8. The summed E-state index contributed by atoms with van der Waals surface area (Å²) in [6, 6.07) is 0.211. The van der Waals surface area contributed by atoms with Gasteiger partial charge in [0, 0.05) is 25.6 Å². The first kappa shape index (κ1) is 12.9. The highest BCUT2D eigenvalue weighted by Gasteiger charge is 2.22. The molecular weight excluding hydrogens is 212 g/mol. The number of carbonyl (C=O) groups is 1. The predicted molar refractivity (Wildman–Crippen MR) is 69.6 cm³/mol. The van der Waals surface area contributed by atoms with E-state index in [-0.39, 0.29) is 6.04 Å². The SMILES string of the molecule is N[C@@H]1CCCN(C(=O)CCC2CCCCC2)C1. The molecule has 0 unspecified atom stereocenters. The van der Waals surface area contributed by atoms with E-state index in [2.05, 4.69) is 0 Å². The highest BCUT2D eigenvalue weighted by atomic mass is 16.2. The minimum Gasteiger partial charge on any atom is -0.341 e. The molecule has 98 valence electrons. The van der Waals surface area contributed by atoms with Gasteiger partial charge in [-0.15, -0.1) is 0 Å². The molecule has 2 fully saturated rings. The Morgan fingerprint density at radius 1 is 1.12 bits per heavy atom.